The second-order valence-corrected chi connectivity index (χ2v) is 6.04. The zero-order valence-corrected chi connectivity index (χ0v) is 12.6. The number of amides is 1. The number of carboxylic acid groups (broad SMARTS) is 1. The fraction of sp³-hybridized carbons (Fsp3) is 0.529. The van der Waals surface area contributed by atoms with Crippen LogP contribution in [0.15, 0.2) is 30.3 Å². The quantitative estimate of drug-likeness (QED) is 0.876. The van der Waals surface area contributed by atoms with Crippen LogP contribution in [0.5, 0.6) is 0 Å². The first-order valence-electron chi connectivity index (χ1n) is 7.57. The van der Waals surface area contributed by atoms with Crippen molar-refractivity contribution in [3.63, 3.8) is 0 Å². The van der Waals surface area contributed by atoms with Crippen molar-refractivity contribution in [2.75, 3.05) is 0 Å². The van der Waals surface area contributed by atoms with Gasteiger partial charge in [0.1, 0.15) is 0 Å². The molecule has 4 nitrogen and oxygen atoms in total. The van der Waals surface area contributed by atoms with Crippen molar-refractivity contribution in [1.82, 2.24) is 5.32 Å². The summed E-state index contributed by atoms with van der Waals surface area (Å²) in [6.45, 7) is 4.09. The van der Waals surface area contributed by atoms with Gasteiger partial charge in [0.15, 0.2) is 0 Å². The van der Waals surface area contributed by atoms with E-state index in [9.17, 15) is 9.59 Å². The van der Waals surface area contributed by atoms with Gasteiger partial charge in [-0.05, 0) is 31.7 Å². The molecule has 1 saturated carbocycles. The molecule has 1 aliphatic carbocycles. The number of rotatable bonds is 5. The zero-order valence-electron chi connectivity index (χ0n) is 12.6. The molecule has 2 rings (SSSR count). The number of carbonyl (C=O) groups is 2. The van der Waals surface area contributed by atoms with Crippen LogP contribution in [0.4, 0.5) is 0 Å². The van der Waals surface area contributed by atoms with Crippen molar-refractivity contribution in [3.05, 3.63) is 35.9 Å². The highest BCUT2D eigenvalue weighted by Gasteiger charge is 2.34. The fourth-order valence-corrected chi connectivity index (χ4v) is 2.96. The molecule has 114 valence electrons. The van der Waals surface area contributed by atoms with E-state index in [2.05, 4.69) is 24.4 Å². The highest BCUT2D eigenvalue weighted by atomic mass is 16.4. The smallest absolute Gasteiger partial charge is 0.306 e. The first-order valence-corrected chi connectivity index (χ1v) is 7.57. The van der Waals surface area contributed by atoms with Crippen molar-refractivity contribution >= 4 is 11.9 Å². The summed E-state index contributed by atoms with van der Waals surface area (Å²) in [7, 11) is 0. The molecule has 0 aliphatic heterocycles. The van der Waals surface area contributed by atoms with Crippen molar-refractivity contribution in [3.8, 4) is 0 Å². The predicted molar refractivity (Wildman–Crippen MR) is 80.9 cm³/mol. The molecule has 0 radical (unpaired) electrons. The Labute approximate surface area is 125 Å². The van der Waals surface area contributed by atoms with Crippen LogP contribution < -0.4 is 5.32 Å². The number of hydrogen-bond donors (Lipinski definition) is 2. The second-order valence-electron chi connectivity index (χ2n) is 6.04. The molecule has 1 fully saturated rings. The topological polar surface area (TPSA) is 66.4 Å². The van der Waals surface area contributed by atoms with Gasteiger partial charge in [-0.1, -0.05) is 37.3 Å². The molecule has 2 N–H and O–H groups in total. The van der Waals surface area contributed by atoms with Gasteiger partial charge < -0.3 is 10.4 Å². The molecule has 4 heteroatoms. The lowest BCUT2D eigenvalue weighted by Gasteiger charge is -2.23. The van der Waals surface area contributed by atoms with Crippen LogP contribution in [-0.4, -0.2) is 23.0 Å². The lowest BCUT2D eigenvalue weighted by atomic mass is 9.93. The maximum atomic E-state index is 12.3. The van der Waals surface area contributed by atoms with Gasteiger partial charge in [0.25, 0.3) is 0 Å². The van der Waals surface area contributed by atoms with Crippen LogP contribution in [0.3, 0.4) is 0 Å². The van der Waals surface area contributed by atoms with Crippen LogP contribution >= 0.6 is 0 Å². The second kappa shape index (κ2) is 6.74. The highest BCUT2D eigenvalue weighted by molar-refractivity contribution is 5.81. The third-order valence-corrected chi connectivity index (χ3v) is 4.60. The molecule has 0 spiro atoms. The highest BCUT2D eigenvalue weighted by Crippen LogP contribution is 2.31. The van der Waals surface area contributed by atoms with E-state index in [1.165, 1.54) is 5.56 Å². The third-order valence-electron chi connectivity index (χ3n) is 4.60. The van der Waals surface area contributed by atoms with Gasteiger partial charge in [-0.15, -0.1) is 0 Å². The van der Waals surface area contributed by atoms with Gasteiger partial charge in [-0.3, -0.25) is 9.59 Å². The normalized spacial score (nSPS) is 24.3. The summed E-state index contributed by atoms with van der Waals surface area (Å²) in [4.78, 5) is 23.2. The molecule has 21 heavy (non-hydrogen) atoms. The van der Waals surface area contributed by atoms with Crippen LogP contribution in [0, 0.1) is 11.8 Å². The van der Waals surface area contributed by atoms with Gasteiger partial charge >= 0.3 is 5.97 Å². The minimum atomic E-state index is -0.781. The van der Waals surface area contributed by atoms with E-state index < -0.39 is 5.97 Å². The maximum Gasteiger partial charge on any atom is 0.306 e. The van der Waals surface area contributed by atoms with Crippen LogP contribution in [0.2, 0.25) is 0 Å². The number of benzene rings is 1. The monoisotopic (exact) mass is 289 g/mol. The Hall–Kier alpha value is -1.84. The SMILES string of the molecule is CC(NC(=O)[C@@H]1CC[C@H](C(=O)O)C1)C(C)c1ccccc1. The van der Waals surface area contributed by atoms with Crippen LogP contribution in [0.1, 0.15) is 44.6 Å². The molecule has 2 unspecified atom stereocenters. The molecular weight excluding hydrogens is 266 g/mol. The zero-order chi connectivity index (χ0) is 15.4. The lowest BCUT2D eigenvalue weighted by Crippen LogP contribution is -2.39. The summed E-state index contributed by atoms with van der Waals surface area (Å²) in [6, 6.07) is 10.1. The predicted octanol–water partition coefficient (Wildman–Crippen LogP) is 2.80. The van der Waals surface area contributed by atoms with E-state index in [-0.39, 0.29) is 29.7 Å². The standard InChI is InChI=1S/C17H23NO3/c1-11(13-6-4-3-5-7-13)12(2)18-16(19)14-8-9-15(10-14)17(20)21/h3-7,11-12,14-15H,8-10H2,1-2H3,(H,18,19)(H,20,21)/t11?,12?,14-,15+/m1/s1. The largest absolute Gasteiger partial charge is 0.481 e. The molecule has 1 aliphatic rings. The van der Waals surface area contributed by atoms with Crippen molar-refractivity contribution in [1.29, 1.82) is 0 Å². The molecule has 1 aromatic rings. The number of nitrogens with one attached hydrogen (secondary N) is 1. The van der Waals surface area contributed by atoms with Gasteiger partial charge in [-0.2, -0.15) is 0 Å². The van der Waals surface area contributed by atoms with E-state index >= 15 is 0 Å². The van der Waals surface area contributed by atoms with E-state index in [1.54, 1.807) is 0 Å². The number of carboxylic acids is 1. The Balaban J connectivity index is 1.89. The average Bonchev–Trinajstić information content (AvgIpc) is 2.97. The van der Waals surface area contributed by atoms with Gasteiger partial charge in [0.05, 0.1) is 5.92 Å². The Morgan fingerprint density at radius 1 is 1.14 bits per heavy atom. The first-order chi connectivity index (χ1) is 9.99. The third kappa shape index (κ3) is 3.84. The molecule has 4 atom stereocenters. The van der Waals surface area contributed by atoms with E-state index in [0.29, 0.717) is 19.3 Å². The fourth-order valence-electron chi connectivity index (χ4n) is 2.96. The molecule has 1 amide bonds. The van der Waals surface area contributed by atoms with E-state index in [0.717, 1.165) is 0 Å². The van der Waals surface area contributed by atoms with E-state index in [1.807, 2.05) is 25.1 Å². The molecule has 0 heterocycles. The summed E-state index contributed by atoms with van der Waals surface area (Å²) in [5.41, 5.74) is 1.19. The van der Waals surface area contributed by atoms with E-state index in [4.69, 9.17) is 5.11 Å². The first kappa shape index (κ1) is 15.5. The van der Waals surface area contributed by atoms with Gasteiger partial charge in [-0.25, -0.2) is 0 Å². The number of hydrogen-bond acceptors (Lipinski definition) is 2. The van der Waals surface area contributed by atoms with Crippen molar-refractivity contribution in [2.45, 2.75) is 45.1 Å². The summed E-state index contributed by atoms with van der Waals surface area (Å²) in [5.74, 6) is -1.07. The minimum Gasteiger partial charge on any atom is -0.481 e. The summed E-state index contributed by atoms with van der Waals surface area (Å²) < 4.78 is 0. The van der Waals surface area contributed by atoms with Gasteiger partial charge in [0, 0.05) is 17.9 Å². The van der Waals surface area contributed by atoms with Crippen LogP contribution in [0.25, 0.3) is 0 Å². The summed E-state index contributed by atoms with van der Waals surface area (Å²) >= 11 is 0. The number of carbonyl (C=O) groups excluding carboxylic acids is 1. The molecule has 1 aromatic carbocycles. The number of aliphatic carboxylic acids is 1. The maximum absolute atomic E-state index is 12.3. The Morgan fingerprint density at radius 2 is 1.76 bits per heavy atom. The Bertz CT molecular complexity index is 500. The molecule has 0 saturated heterocycles. The average molecular weight is 289 g/mol. The molecule has 0 bridgehead atoms. The minimum absolute atomic E-state index is 0.00553. The summed E-state index contributed by atoms with van der Waals surface area (Å²) in [5, 5.41) is 12.0. The van der Waals surface area contributed by atoms with Gasteiger partial charge in [0.2, 0.25) is 5.91 Å². The Kier molecular flexibility index (Phi) is 4.99. The molecular formula is C17H23NO3. The summed E-state index contributed by atoms with van der Waals surface area (Å²) in [6.07, 6.45) is 1.75. The Morgan fingerprint density at radius 3 is 2.33 bits per heavy atom. The molecule has 0 aromatic heterocycles. The van der Waals surface area contributed by atoms with Crippen molar-refractivity contribution < 1.29 is 14.7 Å². The van der Waals surface area contributed by atoms with Crippen molar-refractivity contribution in [2.24, 2.45) is 11.8 Å². The van der Waals surface area contributed by atoms with Crippen LogP contribution in [-0.2, 0) is 9.59 Å². The lowest BCUT2D eigenvalue weighted by molar-refractivity contribution is -0.141.